The van der Waals surface area contributed by atoms with E-state index in [0.717, 1.165) is 6.04 Å². The number of hydrogen-bond acceptors (Lipinski definition) is 2. The van der Waals surface area contributed by atoms with Crippen molar-refractivity contribution in [1.82, 2.24) is 0 Å². The number of carbonyl (C=O) groups is 1. The quantitative estimate of drug-likeness (QED) is 0.567. The van der Waals surface area contributed by atoms with E-state index in [2.05, 4.69) is 7.05 Å². The van der Waals surface area contributed by atoms with Crippen LogP contribution in [0.3, 0.4) is 0 Å². The molecule has 3 aliphatic rings. The molecule has 19 heavy (non-hydrogen) atoms. The maximum Gasteiger partial charge on any atom is 0.302 e. The minimum absolute atomic E-state index is 0.0798. The van der Waals surface area contributed by atoms with Crippen LogP contribution in [-0.2, 0) is 9.53 Å². The molecule has 3 rings (SSSR count). The molecule has 2 aliphatic carbocycles. The third kappa shape index (κ3) is 2.42. The zero-order valence-electron chi connectivity index (χ0n) is 12.4. The zero-order chi connectivity index (χ0) is 13.5. The molecule has 0 amide bonds. The fourth-order valence-corrected chi connectivity index (χ4v) is 5.12. The SMILES string of the molecule is CC(=O)O[C@@H]1[C@H]2CC[C@@H]1[C@H]([N+]1(C)CCCCC1)CC2. The predicted molar refractivity (Wildman–Crippen MR) is 74.6 cm³/mol. The van der Waals surface area contributed by atoms with Crippen molar-refractivity contribution < 1.29 is 14.0 Å². The van der Waals surface area contributed by atoms with Crippen LogP contribution in [0.25, 0.3) is 0 Å². The van der Waals surface area contributed by atoms with Crippen LogP contribution in [0.1, 0.15) is 51.9 Å². The third-order valence-electron chi connectivity index (χ3n) is 6.03. The van der Waals surface area contributed by atoms with Crippen LogP contribution in [-0.4, -0.2) is 42.7 Å². The number of ether oxygens (including phenoxy) is 1. The summed E-state index contributed by atoms with van der Waals surface area (Å²) in [5, 5.41) is 0. The summed E-state index contributed by atoms with van der Waals surface area (Å²) in [6, 6.07) is 0.739. The highest BCUT2D eigenvalue weighted by molar-refractivity contribution is 5.66. The highest BCUT2D eigenvalue weighted by Gasteiger charge is 2.52. The topological polar surface area (TPSA) is 26.3 Å². The van der Waals surface area contributed by atoms with Crippen LogP contribution in [0.2, 0.25) is 0 Å². The summed E-state index contributed by atoms with van der Waals surface area (Å²) in [5.41, 5.74) is 0. The van der Waals surface area contributed by atoms with Gasteiger partial charge in [-0.1, -0.05) is 0 Å². The Bertz CT molecular complexity index is 349. The van der Waals surface area contributed by atoms with Gasteiger partial charge in [-0.15, -0.1) is 0 Å². The van der Waals surface area contributed by atoms with Gasteiger partial charge in [0.1, 0.15) is 6.10 Å². The van der Waals surface area contributed by atoms with Crippen molar-refractivity contribution in [3.63, 3.8) is 0 Å². The van der Waals surface area contributed by atoms with E-state index in [9.17, 15) is 4.79 Å². The highest BCUT2D eigenvalue weighted by Crippen LogP contribution is 2.47. The molecule has 2 saturated carbocycles. The number of rotatable bonds is 2. The van der Waals surface area contributed by atoms with Gasteiger partial charge in [-0.3, -0.25) is 4.79 Å². The Labute approximate surface area is 116 Å². The lowest BCUT2D eigenvalue weighted by Crippen LogP contribution is -2.60. The predicted octanol–water partition coefficient (Wildman–Crippen LogP) is 2.74. The maximum absolute atomic E-state index is 11.4. The molecule has 0 aromatic carbocycles. The van der Waals surface area contributed by atoms with Crippen LogP contribution < -0.4 is 0 Å². The van der Waals surface area contributed by atoms with Crippen molar-refractivity contribution in [3.05, 3.63) is 0 Å². The van der Waals surface area contributed by atoms with Crippen LogP contribution in [0.15, 0.2) is 0 Å². The molecule has 0 aromatic rings. The van der Waals surface area contributed by atoms with Gasteiger partial charge in [0.2, 0.25) is 0 Å². The van der Waals surface area contributed by atoms with Crippen molar-refractivity contribution in [3.8, 4) is 0 Å². The Kier molecular flexibility index (Phi) is 3.59. The highest BCUT2D eigenvalue weighted by atomic mass is 16.5. The van der Waals surface area contributed by atoms with Gasteiger partial charge in [0.15, 0.2) is 0 Å². The Hall–Kier alpha value is -0.570. The normalized spacial score (nSPS) is 40.9. The van der Waals surface area contributed by atoms with Gasteiger partial charge in [0.25, 0.3) is 0 Å². The second-order valence-electron chi connectivity index (χ2n) is 7.21. The summed E-state index contributed by atoms with van der Waals surface area (Å²) in [7, 11) is 2.45. The number of quaternary nitrogens is 1. The van der Waals surface area contributed by atoms with Gasteiger partial charge in [-0.05, 0) is 44.4 Å². The fraction of sp³-hybridized carbons (Fsp3) is 0.938. The van der Waals surface area contributed by atoms with Crippen LogP contribution in [0.4, 0.5) is 0 Å². The number of nitrogens with zero attached hydrogens (tertiary/aromatic N) is 1. The molecule has 0 radical (unpaired) electrons. The molecule has 1 heterocycles. The van der Waals surface area contributed by atoms with E-state index in [1.807, 2.05) is 0 Å². The van der Waals surface area contributed by atoms with Crippen LogP contribution in [0.5, 0.6) is 0 Å². The minimum atomic E-state index is -0.0798. The third-order valence-corrected chi connectivity index (χ3v) is 6.03. The number of piperidine rings is 1. The molecule has 1 saturated heterocycles. The monoisotopic (exact) mass is 266 g/mol. The van der Waals surface area contributed by atoms with E-state index >= 15 is 0 Å². The summed E-state index contributed by atoms with van der Waals surface area (Å²) in [4.78, 5) is 11.4. The average molecular weight is 266 g/mol. The molecular weight excluding hydrogens is 238 g/mol. The number of carbonyl (C=O) groups excluding carboxylic acids is 1. The smallest absolute Gasteiger partial charge is 0.302 e. The van der Waals surface area contributed by atoms with Crippen molar-refractivity contribution in [1.29, 1.82) is 0 Å². The molecule has 3 fully saturated rings. The van der Waals surface area contributed by atoms with E-state index in [0.29, 0.717) is 11.8 Å². The first-order valence-electron chi connectivity index (χ1n) is 8.11. The Morgan fingerprint density at radius 3 is 2.42 bits per heavy atom. The minimum Gasteiger partial charge on any atom is -0.462 e. The number of esters is 1. The van der Waals surface area contributed by atoms with Crippen molar-refractivity contribution in [2.75, 3.05) is 20.1 Å². The lowest BCUT2D eigenvalue weighted by atomic mass is 9.79. The second kappa shape index (κ2) is 5.08. The number of hydrogen-bond donors (Lipinski definition) is 0. The summed E-state index contributed by atoms with van der Waals surface area (Å²) in [6.45, 7) is 4.23. The Balaban J connectivity index is 1.77. The van der Waals surface area contributed by atoms with Gasteiger partial charge in [0.05, 0.1) is 26.2 Å². The average Bonchev–Trinajstić information content (AvgIpc) is 2.62. The molecule has 3 heteroatoms. The molecule has 0 unspecified atom stereocenters. The van der Waals surface area contributed by atoms with Crippen LogP contribution >= 0.6 is 0 Å². The van der Waals surface area contributed by atoms with Crippen molar-refractivity contribution in [2.45, 2.75) is 64.0 Å². The van der Waals surface area contributed by atoms with E-state index in [1.165, 1.54) is 62.5 Å². The number of fused-ring (bicyclic) bond motifs is 2. The van der Waals surface area contributed by atoms with Gasteiger partial charge in [-0.25, -0.2) is 0 Å². The Morgan fingerprint density at radius 2 is 1.74 bits per heavy atom. The first-order valence-corrected chi connectivity index (χ1v) is 8.11. The molecule has 108 valence electrons. The molecule has 0 spiro atoms. The lowest BCUT2D eigenvalue weighted by molar-refractivity contribution is -0.942. The summed E-state index contributed by atoms with van der Waals surface area (Å²) >= 11 is 0. The molecule has 2 bridgehead atoms. The fourth-order valence-electron chi connectivity index (χ4n) is 5.12. The number of likely N-dealkylation sites (tertiary alicyclic amines) is 1. The molecular formula is C16H28NO2+. The van der Waals surface area contributed by atoms with Crippen molar-refractivity contribution in [2.24, 2.45) is 11.8 Å². The molecule has 4 atom stereocenters. The van der Waals surface area contributed by atoms with E-state index in [-0.39, 0.29) is 12.1 Å². The second-order valence-corrected chi connectivity index (χ2v) is 7.21. The summed E-state index contributed by atoms with van der Waals surface area (Å²) in [6.07, 6.45) is 9.56. The van der Waals surface area contributed by atoms with Gasteiger partial charge in [0, 0.05) is 19.3 Å². The lowest BCUT2D eigenvalue weighted by Gasteiger charge is -2.49. The first-order chi connectivity index (χ1) is 9.10. The molecule has 1 aliphatic heterocycles. The van der Waals surface area contributed by atoms with Crippen molar-refractivity contribution >= 4 is 5.97 Å². The molecule has 0 aromatic heterocycles. The molecule has 0 N–H and O–H groups in total. The largest absolute Gasteiger partial charge is 0.462 e. The van der Waals surface area contributed by atoms with Gasteiger partial charge >= 0.3 is 5.97 Å². The van der Waals surface area contributed by atoms with Gasteiger partial charge < -0.3 is 9.22 Å². The Morgan fingerprint density at radius 1 is 1.05 bits per heavy atom. The zero-order valence-corrected chi connectivity index (χ0v) is 12.4. The standard InChI is InChI=1S/C16H28NO2/c1-12(18)19-16-13-6-8-14(16)15(9-7-13)17(2)10-4-3-5-11-17/h13-16H,3-11H2,1-2H3/q+1/t13-,14+,15+,16+/m0/s1. The summed E-state index contributed by atoms with van der Waals surface area (Å²) in [5.74, 6) is 1.20. The van der Waals surface area contributed by atoms with E-state index in [1.54, 1.807) is 6.92 Å². The molecule has 3 nitrogen and oxygen atoms in total. The van der Waals surface area contributed by atoms with Crippen LogP contribution in [0, 0.1) is 11.8 Å². The van der Waals surface area contributed by atoms with E-state index < -0.39 is 0 Å². The van der Waals surface area contributed by atoms with Gasteiger partial charge in [-0.2, -0.15) is 0 Å². The summed E-state index contributed by atoms with van der Waals surface area (Å²) < 4.78 is 6.94. The first kappa shape index (κ1) is 13.4. The van der Waals surface area contributed by atoms with E-state index in [4.69, 9.17) is 4.74 Å². The maximum atomic E-state index is 11.4.